The Hall–Kier alpha value is -1.30. The van der Waals surface area contributed by atoms with Crippen LogP contribution in [0.3, 0.4) is 0 Å². The maximum atomic E-state index is 11.7. The first-order valence-corrected chi connectivity index (χ1v) is 7.52. The zero-order valence-electron chi connectivity index (χ0n) is 11.3. The molecule has 0 fully saturated rings. The van der Waals surface area contributed by atoms with Crippen molar-refractivity contribution in [3.63, 3.8) is 0 Å². The predicted octanol–water partition coefficient (Wildman–Crippen LogP) is 3.63. The van der Waals surface area contributed by atoms with Crippen molar-refractivity contribution >= 4 is 28.9 Å². The molecule has 0 amide bonds. The molecule has 0 saturated heterocycles. The van der Waals surface area contributed by atoms with Gasteiger partial charge in [0.2, 0.25) is 0 Å². The summed E-state index contributed by atoms with van der Waals surface area (Å²) in [5, 5.41) is 3.22. The van der Waals surface area contributed by atoms with E-state index in [0.29, 0.717) is 10.9 Å². The van der Waals surface area contributed by atoms with Gasteiger partial charge in [-0.25, -0.2) is 0 Å². The molecule has 0 aliphatic rings. The fraction of sp³-hybridized carbons (Fsp3) is 0.357. The van der Waals surface area contributed by atoms with Crippen molar-refractivity contribution in [1.29, 1.82) is 0 Å². The summed E-state index contributed by atoms with van der Waals surface area (Å²) in [4.78, 5) is 12.7. The lowest BCUT2D eigenvalue weighted by Gasteiger charge is -2.19. The smallest absolute Gasteiger partial charge is 0.322 e. The van der Waals surface area contributed by atoms with Crippen LogP contribution in [0.2, 0.25) is 4.34 Å². The van der Waals surface area contributed by atoms with Gasteiger partial charge in [0.05, 0.1) is 17.2 Å². The average molecular weight is 314 g/mol. The Morgan fingerprint density at radius 2 is 2.30 bits per heavy atom. The molecule has 0 spiro atoms. The third-order valence-electron chi connectivity index (χ3n) is 2.76. The number of hydrogen-bond acceptors (Lipinski definition) is 5. The van der Waals surface area contributed by atoms with Crippen LogP contribution in [0.4, 0.5) is 0 Å². The summed E-state index contributed by atoms with van der Waals surface area (Å²) in [5.41, 5.74) is 0. The van der Waals surface area contributed by atoms with Crippen molar-refractivity contribution in [2.75, 3.05) is 6.61 Å². The van der Waals surface area contributed by atoms with E-state index in [4.69, 9.17) is 20.8 Å². The number of hydrogen-bond donors (Lipinski definition) is 1. The number of halogens is 1. The van der Waals surface area contributed by atoms with E-state index in [9.17, 15) is 4.79 Å². The molecule has 6 heteroatoms. The van der Waals surface area contributed by atoms with E-state index < -0.39 is 6.04 Å². The molecule has 20 heavy (non-hydrogen) atoms. The SMILES string of the molecule is CCOC(=O)C(C)NC(c1ccco1)c1ccc(Cl)s1. The van der Waals surface area contributed by atoms with Crippen molar-refractivity contribution < 1.29 is 13.9 Å². The van der Waals surface area contributed by atoms with Gasteiger partial charge in [-0.3, -0.25) is 10.1 Å². The number of esters is 1. The van der Waals surface area contributed by atoms with Crippen LogP contribution in [0.25, 0.3) is 0 Å². The van der Waals surface area contributed by atoms with Crippen molar-refractivity contribution in [2.24, 2.45) is 0 Å². The van der Waals surface area contributed by atoms with E-state index >= 15 is 0 Å². The van der Waals surface area contributed by atoms with Gasteiger partial charge >= 0.3 is 5.97 Å². The molecule has 4 nitrogen and oxygen atoms in total. The van der Waals surface area contributed by atoms with E-state index in [1.54, 1.807) is 20.1 Å². The highest BCUT2D eigenvalue weighted by Crippen LogP contribution is 2.31. The van der Waals surface area contributed by atoms with Crippen molar-refractivity contribution in [3.8, 4) is 0 Å². The van der Waals surface area contributed by atoms with Crippen molar-refractivity contribution in [1.82, 2.24) is 5.32 Å². The van der Waals surface area contributed by atoms with Gasteiger partial charge in [0.1, 0.15) is 17.8 Å². The fourth-order valence-electron chi connectivity index (χ4n) is 1.83. The highest BCUT2D eigenvalue weighted by Gasteiger charge is 2.24. The van der Waals surface area contributed by atoms with Crippen LogP contribution < -0.4 is 5.32 Å². The minimum atomic E-state index is -0.439. The van der Waals surface area contributed by atoms with Crippen LogP contribution in [0, 0.1) is 0 Å². The molecule has 1 N–H and O–H groups in total. The molecular weight excluding hydrogens is 298 g/mol. The van der Waals surface area contributed by atoms with Crippen molar-refractivity contribution in [2.45, 2.75) is 25.9 Å². The predicted molar refractivity (Wildman–Crippen MR) is 79.1 cm³/mol. The standard InChI is InChI=1S/C14H16ClNO3S/c1-3-18-14(17)9(2)16-13(10-5-4-8-19-10)11-6-7-12(15)20-11/h4-9,13,16H,3H2,1-2H3. The van der Waals surface area contributed by atoms with Gasteiger partial charge in [-0.2, -0.15) is 0 Å². The summed E-state index contributed by atoms with van der Waals surface area (Å²) in [7, 11) is 0. The second-order valence-corrected chi connectivity index (χ2v) is 5.98. The molecule has 2 unspecified atom stereocenters. The van der Waals surface area contributed by atoms with Crippen LogP contribution in [-0.2, 0) is 9.53 Å². The van der Waals surface area contributed by atoms with Gasteiger partial charge in [-0.1, -0.05) is 11.6 Å². The lowest BCUT2D eigenvalue weighted by molar-refractivity contribution is -0.145. The molecule has 0 saturated carbocycles. The summed E-state index contributed by atoms with van der Waals surface area (Å²) in [6.07, 6.45) is 1.61. The van der Waals surface area contributed by atoms with Gasteiger partial charge in [-0.05, 0) is 38.1 Å². The summed E-state index contributed by atoms with van der Waals surface area (Å²) in [6.45, 7) is 3.91. The molecule has 0 bridgehead atoms. The first-order valence-electron chi connectivity index (χ1n) is 6.33. The maximum Gasteiger partial charge on any atom is 0.322 e. The lowest BCUT2D eigenvalue weighted by Crippen LogP contribution is -2.38. The Labute approximate surface area is 126 Å². The molecule has 0 aromatic carbocycles. The van der Waals surface area contributed by atoms with Gasteiger partial charge in [0, 0.05) is 4.88 Å². The zero-order valence-corrected chi connectivity index (χ0v) is 12.8. The lowest BCUT2D eigenvalue weighted by atomic mass is 10.1. The number of carbonyl (C=O) groups excluding carboxylic acids is 1. The Kier molecular flexibility index (Phi) is 5.23. The van der Waals surface area contributed by atoms with E-state index in [2.05, 4.69) is 5.32 Å². The molecule has 2 heterocycles. The molecule has 2 rings (SSSR count). The fourth-order valence-corrected chi connectivity index (χ4v) is 2.96. The Bertz CT molecular complexity index is 553. The van der Waals surface area contributed by atoms with Gasteiger partial charge < -0.3 is 9.15 Å². The van der Waals surface area contributed by atoms with E-state index in [1.165, 1.54) is 11.3 Å². The number of nitrogens with one attached hydrogen (secondary N) is 1. The molecule has 2 aromatic heterocycles. The number of ether oxygens (including phenoxy) is 1. The van der Waals surface area contributed by atoms with E-state index in [0.717, 1.165) is 10.6 Å². The Morgan fingerprint density at radius 3 is 2.85 bits per heavy atom. The summed E-state index contributed by atoms with van der Waals surface area (Å²) in [6, 6.07) is 6.77. The first-order chi connectivity index (χ1) is 9.61. The van der Waals surface area contributed by atoms with Crippen LogP contribution in [-0.4, -0.2) is 18.6 Å². The minimum absolute atomic E-state index is 0.220. The van der Waals surface area contributed by atoms with Crippen LogP contribution in [0.5, 0.6) is 0 Å². The minimum Gasteiger partial charge on any atom is -0.467 e. The monoisotopic (exact) mass is 313 g/mol. The summed E-state index contributed by atoms with van der Waals surface area (Å²) < 4.78 is 11.2. The summed E-state index contributed by atoms with van der Waals surface area (Å²) >= 11 is 7.44. The van der Waals surface area contributed by atoms with Crippen LogP contribution in [0.1, 0.15) is 30.5 Å². The first kappa shape index (κ1) is 15.1. The molecule has 0 aliphatic heterocycles. The normalized spacial score (nSPS) is 13.9. The zero-order chi connectivity index (χ0) is 14.5. The summed E-state index contributed by atoms with van der Waals surface area (Å²) in [5.74, 6) is 0.450. The highest BCUT2D eigenvalue weighted by atomic mass is 35.5. The maximum absolute atomic E-state index is 11.7. The molecular formula is C14H16ClNO3S. The molecule has 0 aliphatic carbocycles. The molecule has 0 radical (unpaired) electrons. The van der Waals surface area contributed by atoms with Crippen LogP contribution >= 0.6 is 22.9 Å². The number of thiophene rings is 1. The second-order valence-electron chi connectivity index (χ2n) is 4.23. The topological polar surface area (TPSA) is 51.5 Å². The van der Waals surface area contributed by atoms with Gasteiger partial charge in [0.15, 0.2) is 0 Å². The highest BCUT2D eigenvalue weighted by molar-refractivity contribution is 7.16. The van der Waals surface area contributed by atoms with E-state index in [-0.39, 0.29) is 12.0 Å². The number of carbonyl (C=O) groups is 1. The molecule has 2 atom stereocenters. The Morgan fingerprint density at radius 1 is 1.50 bits per heavy atom. The largest absolute Gasteiger partial charge is 0.467 e. The van der Waals surface area contributed by atoms with Gasteiger partial charge in [-0.15, -0.1) is 11.3 Å². The molecule has 2 aromatic rings. The third-order valence-corrected chi connectivity index (χ3v) is 4.06. The quantitative estimate of drug-likeness (QED) is 0.827. The average Bonchev–Trinajstić information content (AvgIpc) is 3.07. The van der Waals surface area contributed by atoms with Crippen molar-refractivity contribution in [3.05, 3.63) is 45.5 Å². The second kappa shape index (κ2) is 6.92. The van der Waals surface area contributed by atoms with Gasteiger partial charge in [0.25, 0.3) is 0 Å². The molecule has 108 valence electrons. The van der Waals surface area contributed by atoms with Crippen LogP contribution in [0.15, 0.2) is 34.9 Å². The number of furan rings is 1. The Balaban J connectivity index is 2.18. The number of rotatable bonds is 6. The third kappa shape index (κ3) is 3.62. The van der Waals surface area contributed by atoms with E-state index in [1.807, 2.05) is 24.3 Å².